The van der Waals surface area contributed by atoms with Gasteiger partial charge in [0.05, 0.1) is 11.3 Å². The van der Waals surface area contributed by atoms with Crippen LogP contribution in [-0.4, -0.2) is 23.8 Å². The number of nitrogens with zero attached hydrogens (tertiary/aromatic N) is 1. The molecule has 1 aromatic carbocycles. The fraction of sp³-hybridized carbons (Fsp3) is 0.417. The number of thiocarbonyl (C=S) groups is 1. The molecule has 2 nitrogen and oxygen atoms in total. The highest BCUT2D eigenvalue weighted by atomic mass is 32.1. The van der Waals surface area contributed by atoms with Gasteiger partial charge in [-0.2, -0.15) is 13.2 Å². The first kappa shape index (κ1) is 14.0. The van der Waals surface area contributed by atoms with Gasteiger partial charge in [0.15, 0.2) is 0 Å². The molecule has 0 spiro atoms. The number of hydrogen-bond donors (Lipinski definition) is 1. The smallest absolute Gasteiger partial charge is 0.389 e. The van der Waals surface area contributed by atoms with Crippen LogP contribution in [0.4, 0.5) is 23.2 Å². The third-order valence-electron chi connectivity index (χ3n) is 2.88. The second-order valence-corrected chi connectivity index (χ2v) is 4.91. The molecule has 0 aromatic heterocycles. The Kier molecular flexibility index (Phi) is 3.66. The van der Waals surface area contributed by atoms with Gasteiger partial charge in [-0.05, 0) is 25.0 Å². The Bertz CT molecular complexity index is 497. The Morgan fingerprint density at radius 1 is 1.37 bits per heavy atom. The second kappa shape index (κ2) is 4.96. The van der Waals surface area contributed by atoms with Crippen LogP contribution in [0.1, 0.15) is 18.4 Å². The van der Waals surface area contributed by atoms with Crippen molar-refractivity contribution in [3.63, 3.8) is 0 Å². The Balaban J connectivity index is 2.42. The summed E-state index contributed by atoms with van der Waals surface area (Å²) in [5.41, 5.74) is 5.42. The highest BCUT2D eigenvalue weighted by molar-refractivity contribution is 7.80. The summed E-state index contributed by atoms with van der Waals surface area (Å²) in [7, 11) is 0. The molecule has 0 radical (unpaired) electrons. The molecule has 0 saturated heterocycles. The van der Waals surface area contributed by atoms with Crippen LogP contribution in [0.15, 0.2) is 18.2 Å². The molecular weight excluding hydrogens is 280 g/mol. The van der Waals surface area contributed by atoms with Crippen LogP contribution in [0.2, 0.25) is 0 Å². The van der Waals surface area contributed by atoms with Gasteiger partial charge in [0, 0.05) is 6.04 Å². The van der Waals surface area contributed by atoms with E-state index in [-0.39, 0.29) is 22.3 Å². The van der Waals surface area contributed by atoms with Crippen molar-refractivity contribution in [2.24, 2.45) is 5.73 Å². The Hall–Kier alpha value is -1.37. The van der Waals surface area contributed by atoms with Crippen molar-refractivity contribution >= 4 is 22.9 Å². The van der Waals surface area contributed by atoms with E-state index in [0.717, 1.165) is 11.0 Å². The topological polar surface area (TPSA) is 29.3 Å². The maximum absolute atomic E-state index is 13.7. The van der Waals surface area contributed by atoms with Crippen LogP contribution < -0.4 is 10.6 Å². The molecule has 0 amide bonds. The van der Waals surface area contributed by atoms with Gasteiger partial charge < -0.3 is 10.6 Å². The molecule has 0 atom stereocenters. The molecule has 104 valence electrons. The molecule has 1 aliphatic carbocycles. The largest absolute Gasteiger partial charge is 0.405 e. The van der Waals surface area contributed by atoms with Crippen molar-refractivity contribution in [1.82, 2.24) is 0 Å². The van der Waals surface area contributed by atoms with Gasteiger partial charge in [-0.25, -0.2) is 4.39 Å². The molecule has 1 saturated carbocycles. The summed E-state index contributed by atoms with van der Waals surface area (Å²) in [4.78, 5) is 0.901. The van der Waals surface area contributed by atoms with Gasteiger partial charge in [0.25, 0.3) is 0 Å². The molecule has 1 aromatic rings. The third-order valence-corrected chi connectivity index (χ3v) is 3.09. The van der Waals surface area contributed by atoms with Gasteiger partial charge in [-0.3, -0.25) is 0 Å². The molecule has 0 unspecified atom stereocenters. The average Bonchev–Trinajstić information content (AvgIpc) is 3.07. The summed E-state index contributed by atoms with van der Waals surface area (Å²) in [6.07, 6.45) is -3.05. The molecule has 2 N–H and O–H groups in total. The summed E-state index contributed by atoms with van der Waals surface area (Å²) in [6, 6.07) is 3.69. The number of hydrogen-bond acceptors (Lipinski definition) is 2. The van der Waals surface area contributed by atoms with E-state index in [1.165, 1.54) is 12.1 Å². The average molecular weight is 292 g/mol. The molecule has 2 rings (SSSR count). The lowest BCUT2D eigenvalue weighted by Gasteiger charge is -2.28. The standard InChI is InChI=1S/C12H12F4N2S/c13-8-2-1-3-9(10(8)11(17)19)18(7-4-5-7)6-12(14,15)16/h1-3,7H,4-6H2,(H2,17,19). The van der Waals surface area contributed by atoms with E-state index < -0.39 is 18.5 Å². The van der Waals surface area contributed by atoms with Gasteiger partial charge in [0.2, 0.25) is 0 Å². The minimum atomic E-state index is -4.36. The fourth-order valence-electron chi connectivity index (χ4n) is 1.99. The maximum Gasteiger partial charge on any atom is 0.405 e. The van der Waals surface area contributed by atoms with Crippen molar-refractivity contribution in [2.45, 2.75) is 25.1 Å². The molecule has 0 bridgehead atoms. The van der Waals surface area contributed by atoms with E-state index in [4.69, 9.17) is 18.0 Å². The van der Waals surface area contributed by atoms with Crippen LogP contribution in [0.3, 0.4) is 0 Å². The van der Waals surface area contributed by atoms with E-state index >= 15 is 0 Å². The van der Waals surface area contributed by atoms with Crippen LogP contribution in [0.5, 0.6) is 0 Å². The van der Waals surface area contributed by atoms with Crippen molar-refractivity contribution in [3.8, 4) is 0 Å². The molecule has 0 heterocycles. The number of rotatable bonds is 4. The van der Waals surface area contributed by atoms with E-state index in [1.807, 2.05) is 0 Å². The lowest BCUT2D eigenvalue weighted by atomic mass is 10.1. The third kappa shape index (κ3) is 3.34. The minimum Gasteiger partial charge on any atom is -0.389 e. The van der Waals surface area contributed by atoms with Crippen molar-refractivity contribution in [1.29, 1.82) is 0 Å². The number of halogens is 4. The second-order valence-electron chi connectivity index (χ2n) is 4.47. The van der Waals surface area contributed by atoms with Gasteiger partial charge >= 0.3 is 6.18 Å². The first-order valence-corrected chi connectivity index (χ1v) is 6.12. The van der Waals surface area contributed by atoms with E-state index in [0.29, 0.717) is 12.8 Å². The number of benzene rings is 1. The van der Waals surface area contributed by atoms with Gasteiger partial charge in [0.1, 0.15) is 17.4 Å². The number of nitrogens with two attached hydrogens (primary N) is 1. The Morgan fingerprint density at radius 2 is 2.00 bits per heavy atom. The van der Waals surface area contributed by atoms with E-state index in [2.05, 4.69) is 0 Å². The van der Waals surface area contributed by atoms with Crippen molar-refractivity contribution in [2.75, 3.05) is 11.4 Å². The SMILES string of the molecule is NC(=S)c1c(F)cccc1N(CC(F)(F)F)C1CC1. The summed E-state index contributed by atoms with van der Waals surface area (Å²) in [5.74, 6) is -0.696. The summed E-state index contributed by atoms with van der Waals surface area (Å²) in [6.45, 7) is -1.13. The zero-order valence-electron chi connectivity index (χ0n) is 9.88. The minimum absolute atomic E-state index is 0.117. The molecule has 19 heavy (non-hydrogen) atoms. The zero-order valence-corrected chi connectivity index (χ0v) is 10.7. The summed E-state index contributed by atoms with van der Waals surface area (Å²) < 4.78 is 51.5. The maximum atomic E-state index is 13.7. The lowest BCUT2D eigenvalue weighted by molar-refractivity contribution is -0.120. The molecule has 1 aliphatic rings. The predicted octanol–water partition coefficient (Wildman–Crippen LogP) is 2.99. The number of anilines is 1. The lowest BCUT2D eigenvalue weighted by Crippen LogP contribution is -2.37. The Morgan fingerprint density at radius 3 is 2.47 bits per heavy atom. The van der Waals surface area contributed by atoms with E-state index in [9.17, 15) is 17.6 Å². The highest BCUT2D eigenvalue weighted by Gasteiger charge is 2.39. The number of alkyl halides is 3. The van der Waals surface area contributed by atoms with Crippen molar-refractivity contribution < 1.29 is 17.6 Å². The first-order chi connectivity index (χ1) is 8.79. The van der Waals surface area contributed by atoms with Gasteiger partial charge in [-0.15, -0.1) is 0 Å². The monoisotopic (exact) mass is 292 g/mol. The van der Waals surface area contributed by atoms with Crippen LogP contribution >= 0.6 is 12.2 Å². The quantitative estimate of drug-likeness (QED) is 0.683. The fourth-order valence-corrected chi connectivity index (χ4v) is 2.19. The van der Waals surface area contributed by atoms with Crippen molar-refractivity contribution in [3.05, 3.63) is 29.6 Å². The van der Waals surface area contributed by atoms with Gasteiger partial charge in [-0.1, -0.05) is 18.3 Å². The van der Waals surface area contributed by atoms with Crippen LogP contribution in [0.25, 0.3) is 0 Å². The summed E-state index contributed by atoms with van der Waals surface area (Å²) in [5, 5.41) is 0. The first-order valence-electron chi connectivity index (χ1n) is 5.71. The Labute approximate surface area is 113 Å². The summed E-state index contributed by atoms with van der Waals surface area (Å²) >= 11 is 4.73. The molecule has 7 heteroatoms. The molecule has 0 aliphatic heterocycles. The van der Waals surface area contributed by atoms with Crippen LogP contribution in [-0.2, 0) is 0 Å². The molecular formula is C12H12F4N2S. The molecule has 1 fully saturated rings. The van der Waals surface area contributed by atoms with Crippen LogP contribution in [0, 0.1) is 5.82 Å². The van der Waals surface area contributed by atoms with E-state index in [1.54, 1.807) is 0 Å². The highest BCUT2D eigenvalue weighted by Crippen LogP contribution is 2.36. The normalized spacial score (nSPS) is 15.4. The predicted molar refractivity (Wildman–Crippen MR) is 68.7 cm³/mol. The zero-order chi connectivity index (χ0) is 14.2.